The Morgan fingerprint density at radius 2 is 1.75 bits per heavy atom. The highest BCUT2D eigenvalue weighted by atomic mass is 79.9. The van der Waals surface area contributed by atoms with Gasteiger partial charge in [0.25, 0.3) is 0 Å². The van der Waals surface area contributed by atoms with Crippen molar-refractivity contribution in [3.05, 3.63) is 68.4 Å². The third kappa shape index (κ3) is 3.61. The van der Waals surface area contributed by atoms with E-state index in [4.69, 9.17) is 4.74 Å². The molecule has 0 unspecified atom stereocenters. The van der Waals surface area contributed by atoms with Crippen molar-refractivity contribution in [2.24, 2.45) is 0 Å². The van der Waals surface area contributed by atoms with Crippen LogP contribution in [0.3, 0.4) is 0 Å². The molecule has 0 fully saturated rings. The molecule has 0 atom stereocenters. The number of fused-ring (bicyclic) bond motifs is 1. The van der Waals surface area contributed by atoms with Gasteiger partial charge in [-0.15, -0.1) is 0 Å². The molecule has 2 aromatic rings. The SMILES string of the molecule is CCOC(=O)/C(C(=O)c1ccccc1)=C1/Sc2ccc(Br)cc2S1. The highest BCUT2D eigenvalue weighted by molar-refractivity contribution is 9.10. The smallest absolute Gasteiger partial charge is 0.343 e. The summed E-state index contributed by atoms with van der Waals surface area (Å²) in [6, 6.07) is 14.7. The number of benzene rings is 2. The quantitative estimate of drug-likeness (QED) is 0.220. The molecule has 0 bridgehead atoms. The molecule has 2 aromatic carbocycles. The second-order valence-electron chi connectivity index (χ2n) is 4.87. The monoisotopic (exact) mass is 420 g/mol. The fourth-order valence-electron chi connectivity index (χ4n) is 2.17. The van der Waals surface area contributed by atoms with Crippen LogP contribution in [0.25, 0.3) is 0 Å². The van der Waals surface area contributed by atoms with Crippen molar-refractivity contribution in [3.63, 3.8) is 0 Å². The Kier molecular flexibility index (Phi) is 5.48. The molecule has 0 spiro atoms. The maximum atomic E-state index is 12.9. The molecule has 1 heterocycles. The average Bonchev–Trinajstić information content (AvgIpc) is 2.98. The molecule has 24 heavy (non-hydrogen) atoms. The van der Waals surface area contributed by atoms with Gasteiger partial charge in [-0.2, -0.15) is 0 Å². The molecule has 0 aromatic heterocycles. The summed E-state index contributed by atoms with van der Waals surface area (Å²) in [6.45, 7) is 1.96. The number of halogens is 1. The molecule has 6 heteroatoms. The average molecular weight is 421 g/mol. The minimum atomic E-state index is -0.576. The Bertz CT molecular complexity index is 831. The van der Waals surface area contributed by atoms with Gasteiger partial charge < -0.3 is 4.74 Å². The standard InChI is InChI=1S/C18H13BrO3S2/c1-2-22-17(21)15(16(20)11-6-4-3-5-7-11)18-23-13-9-8-12(19)10-14(13)24-18/h3-10H,2H2,1H3/b18-15-. The van der Waals surface area contributed by atoms with Crippen molar-refractivity contribution in [2.75, 3.05) is 6.61 Å². The Balaban J connectivity index is 2.03. The number of hydrogen-bond donors (Lipinski definition) is 0. The van der Waals surface area contributed by atoms with Crippen molar-refractivity contribution in [3.8, 4) is 0 Å². The molecule has 0 saturated carbocycles. The van der Waals surface area contributed by atoms with Gasteiger partial charge in [0.15, 0.2) is 0 Å². The largest absolute Gasteiger partial charge is 0.462 e. The maximum absolute atomic E-state index is 12.9. The Morgan fingerprint density at radius 1 is 1.04 bits per heavy atom. The highest BCUT2D eigenvalue weighted by Crippen LogP contribution is 2.53. The Hall–Kier alpha value is -1.50. The summed E-state index contributed by atoms with van der Waals surface area (Å²) in [6.07, 6.45) is 0. The second kappa shape index (κ2) is 7.59. The first kappa shape index (κ1) is 17.3. The zero-order valence-electron chi connectivity index (χ0n) is 12.7. The number of hydrogen-bond acceptors (Lipinski definition) is 5. The van der Waals surface area contributed by atoms with Crippen molar-refractivity contribution >= 4 is 51.2 Å². The van der Waals surface area contributed by atoms with Crippen LogP contribution in [-0.4, -0.2) is 18.4 Å². The zero-order valence-corrected chi connectivity index (χ0v) is 16.0. The number of carbonyl (C=O) groups is 2. The first-order valence-electron chi connectivity index (χ1n) is 7.26. The van der Waals surface area contributed by atoms with Gasteiger partial charge in [0.2, 0.25) is 5.78 Å². The van der Waals surface area contributed by atoms with E-state index >= 15 is 0 Å². The van der Waals surface area contributed by atoms with Crippen LogP contribution in [0.1, 0.15) is 17.3 Å². The zero-order chi connectivity index (χ0) is 17.1. The van der Waals surface area contributed by atoms with Gasteiger partial charge >= 0.3 is 5.97 Å². The van der Waals surface area contributed by atoms with E-state index in [-0.39, 0.29) is 18.0 Å². The minimum absolute atomic E-state index is 0.102. The van der Waals surface area contributed by atoms with Crippen LogP contribution in [0.4, 0.5) is 0 Å². The van der Waals surface area contributed by atoms with Crippen LogP contribution in [0.15, 0.2) is 72.6 Å². The van der Waals surface area contributed by atoms with Gasteiger partial charge in [0.05, 0.1) is 10.8 Å². The first-order chi connectivity index (χ1) is 11.6. The first-order valence-corrected chi connectivity index (χ1v) is 9.69. The van der Waals surface area contributed by atoms with E-state index in [2.05, 4.69) is 15.9 Å². The van der Waals surface area contributed by atoms with E-state index in [0.717, 1.165) is 14.3 Å². The minimum Gasteiger partial charge on any atom is -0.462 e. The van der Waals surface area contributed by atoms with Gasteiger partial charge in [0, 0.05) is 19.8 Å². The molecule has 0 amide bonds. The summed E-state index contributed by atoms with van der Waals surface area (Å²) in [5.41, 5.74) is 0.580. The van der Waals surface area contributed by atoms with Crippen molar-refractivity contribution in [1.29, 1.82) is 0 Å². The van der Waals surface area contributed by atoms with Crippen molar-refractivity contribution < 1.29 is 14.3 Å². The lowest BCUT2D eigenvalue weighted by molar-refractivity contribution is -0.138. The van der Waals surface area contributed by atoms with E-state index in [1.807, 2.05) is 24.3 Å². The third-order valence-corrected chi connectivity index (χ3v) is 6.29. The van der Waals surface area contributed by atoms with Crippen LogP contribution in [0.2, 0.25) is 0 Å². The van der Waals surface area contributed by atoms with Gasteiger partial charge in [-0.25, -0.2) is 4.79 Å². The van der Waals surface area contributed by atoms with E-state index in [1.165, 1.54) is 23.5 Å². The van der Waals surface area contributed by atoms with Crippen LogP contribution in [0, 0.1) is 0 Å². The topological polar surface area (TPSA) is 43.4 Å². The summed E-state index contributed by atoms with van der Waals surface area (Å²) in [5, 5.41) is 0. The molecule has 1 aliphatic rings. The molecule has 1 aliphatic heterocycles. The Morgan fingerprint density at radius 3 is 2.46 bits per heavy atom. The van der Waals surface area contributed by atoms with Gasteiger partial charge in [-0.3, -0.25) is 4.79 Å². The van der Waals surface area contributed by atoms with E-state index in [1.54, 1.807) is 31.2 Å². The molecule has 122 valence electrons. The molecule has 0 aliphatic carbocycles. The fraction of sp³-hybridized carbons (Fsp3) is 0.111. The van der Waals surface area contributed by atoms with E-state index < -0.39 is 5.97 Å². The maximum Gasteiger partial charge on any atom is 0.343 e. The van der Waals surface area contributed by atoms with Crippen LogP contribution in [0.5, 0.6) is 0 Å². The summed E-state index contributed by atoms with van der Waals surface area (Å²) >= 11 is 6.30. The number of carbonyl (C=O) groups excluding carboxylic acids is 2. The lowest BCUT2D eigenvalue weighted by Gasteiger charge is -2.08. The normalized spacial score (nSPS) is 14.9. The number of rotatable bonds is 4. The molecular weight excluding hydrogens is 408 g/mol. The van der Waals surface area contributed by atoms with Crippen LogP contribution in [-0.2, 0) is 9.53 Å². The predicted molar refractivity (Wildman–Crippen MR) is 100 cm³/mol. The summed E-state index contributed by atoms with van der Waals surface area (Å²) in [5.74, 6) is -0.885. The molecule has 0 radical (unpaired) electrons. The molecule has 0 saturated heterocycles. The van der Waals surface area contributed by atoms with Crippen LogP contribution >= 0.6 is 39.5 Å². The highest BCUT2D eigenvalue weighted by Gasteiger charge is 2.30. The van der Waals surface area contributed by atoms with E-state index in [9.17, 15) is 9.59 Å². The second-order valence-corrected chi connectivity index (χ2v) is 8.15. The van der Waals surface area contributed by atoms with Gasteiger partial charge in [0.1, 0.15) is 5.57 Å². The van der Waals surface area contributed by atoms with Gasteiger partial charge in [-0.05, 0) is 25.1 Å². The third-order valence-electron chi connectivity index (χ3n) is 3.26. The number of thioether (sulfide) groups is 2. The Labute approximate surface area is 157 Å². The summed E-state index contributed by atoms with van der Waals surface area (Å²) in [4.78, 5) is 27.3. The van der Waals surface area contributed by atoms with Crippen molar-refractivity contribution in [2.45, 2.75) is 16.7 Å². The molecule has 3 rings (SSSR count). The summed E-state index contributed by atoms with van der Waals surface area (Å²) in [7, 11) is 0. The van der Waals surface area contributed by atoms with E-state index in [0.29, 0.717) is 9.80 Å². The molecular formula is C18H13BrO3S2. The van der Waals surface area contributed by atoms with Crippen molar-refractivity contribution in [1.82, 2.24) is 0 Å². The molecule has 0 N–H and O–H groups in total. The lowest BCUT2D eigenvalue weighted by Crippen LogP contribution is -2.17. The number of esters is 1. The van der Waals surface area contributed by atoms with Gasteiger partial charge in [-0.1, -0.05) is 69.8 Å². The number of ether oxygens (including phenoxy) is 1. The number of Topliss-reactive ketones (excluding diaryl/α,β-unsaturated/α-hetero) is 1. The van der Waals surface area contributed by atoms with Crippen LogP contribution < -0.4 is 0 Å². The molecule has 3 nitrogen and oxygen atoms in total. The predicted octanol–water partition coefficient (Wildman–Crippen LogP) is 5.30. The summed E-state index contributed by atoms with van der Waals surface area (Å²) < 4.78 is 6.75. The number of ketones is 1. The fourth-order valence-corrected chi connectivity index (χ4v) is 5.25. The lowest BCUT2D eigenvalue weighted by atomic mass is 10.1.